The summed E-state index contributed by atoms with van der Waals surface area (Å²) in [6, 6.07) is 8.71. The first-order valence-corrected chi connectivity index (χ1v) is 4.01. The van der Waals surface area contributed by atoms with E-state index in [1.807, 2.05) is 19.9 Å². The van der Waals surface area contributed by atoms with Crippen LogP contribution < -0.4 is 0 Å². The minimum Gasteiger partial charge on any atom is -0.508 e. The number of hydrogen-bond donors (Lipinski definition) is 2. The summed E-state index contributed by atoms with van der Waals surface area (Å²) in [6.45, 7) is 4.25. The molecule has 1 rings (SSSR count). The second-order valence-electron chi connectivity index (χ2n) is 2.91. The minimum absolute atomic E-state index is 0.306. The van der Waals surface area contributed by atoms with Crippen LogP contribution in [0.1, 0.15) is 13.8 Å². The van der Waals surface area contributed by atoms with Gasteiger partial charge in [0.25, 0.3) is 0 Å². The molecule has 0 unspecified atom stereocenters. The zero-order chi connectivity index (χ0) is 9.40. The van der Waals surface area contributed by atoms with Gasteiger partial charge in [-0.15, -0.1) is 0 Å². The van der Waals surface area contributed by atoms with Crippen LogP contribution in [-0.2, 0) is 0 Å². The van der Waals surface area contributed by atoms with Gasteiger partial charge in [-0.3, -0.25) is 0 Å². The van der Waals surface area contributed by atoms with Crippen molar-refractivity contribution in [2.24, 2.45) is 5.92 Å². The average Bonchev–Trinajstić information content (AvgIpc) is 2.07. The SMILES string of the molecule is CC(C)CO.Oc1ccccc1. The van der Waals surface area contributed by atoms with Crippen molar-refractivity contribution in [2.75, 3.05) is 6.61 Å². The molecule has 0 aliphatic rings. The fraction of sp³-hybridized carbons (Fsp3) is 0.400. The lowest BCUT2D eigenvalue weighted by atomic mass is 10.2. The van der Waals surface area contributed by atoms with Gasteiger partial charge in [0.15, 0.2) is 0 Å². The van der Waals surface area contributed by atoms with E-state index in [4.69, 9.17) is 10.2 Å². The Bertz CT molecular complexity index is 182. The van der Waals surface area contributed by atoms with Gasteiger partial charge in [0.05, 0.1) is 0 Å². The van der Waals surface area contributed by atoms with Crippen LogP contribution in [0.15, 0.2) is 30.3 Å². The second-order valence-corrected chi connectivity index (χ2v) is 2.91. The summed E-state index contributed by atoms with van der Waals surface area (Å²) < 4.78 is 0. The molecule has 0 fully saturated rings. The summed E-state index contributed by atoms with van der Waals surface area (Å²) in [4.78, 5) is 0. The fourth-order valence-electron chi connectivity index (χ4n) is 0.428. The maximum Gasteiger partial charge on any atom is 0.115 e. The molecule has 2 heteroatoms. The van der Waals surface area contributed by atoms with Gasteiger partial charge >= 0.3 is 0 Å². The molecule has 12 heavy (non-hydrogen) atoms. The molecule has 0 bridgehead atoms. The zero-order valence-corrected chi connectivity index (χ0v) is 7.57. The number of phenols is 1. The normalized spacial score (nSPS) is 9.00. The molecule has 0 aromatic heterocycles. The van der Waals surface area contributed by atoms with E-state index in [9.17, 15) is 0 Å². The Kier molecular flexibility index (Phi) is 6.11. The lowest BCUT2D eigenvalue weighted by Crippen LogP contribution is -1.90. The Morgan fingerprint density at radius 2 is 1.58 bits per heavy atom. The molecule has 0 heterocycles. The van der Waals surface area contributed by atoms with Crippen LogP contribution in [0, 0.1) is 5.92 Å². The van der Waals surface area contributed by atoms with Gasteiger partial charge in [-0.25, -0.2) is 0 Å². The molecular weight excluding hydrogens is 152 g/mol. The highest BCUT2D eigenvalue weighted by atomic mass is 16.3. The van der Waals surface area contributed by atoms with Crippen LogP contribution in [-0.4, -0.2) is 16.8 Å². The molecule has 0 amide bonds. The number of aliphatic hydroxyl groups is 1. The zero-order valence-electron chi connectivity index (χ0n) is 7.57. The lowest BCUT2D eigenvalue weighted by molar-refractivity contribution is 0.248. The first kappa shape index (κ1) is 11.0. The topological polar surface area (TPSA) is 40.5 Å². The van der Waals surface area contributed by atoms with Crippen molar-refractivity contribution in [1.29, 1.82) is 0 Å². The summed E-state index contributed by atoms with van der Waals surface area (Å²) in [5, 5.41) is 16.8. The maximum atomic E-state index is 8.63. The van der Waals surface area contributed by atoms with E-state index in [1.165, 1.54) is 0 Å². The van der Waals surface area contributed by atoms with Crippen molar-refractivity contribution in [3.8, 4) is 5.75 Å². The fourth-order valence-corrected chi connectivity index (χ4v) is 0.428. The van der Waals surface area contributed by atoms with Crippen molar-refractivity contribution >= 4 is 0 Å². The van der Waals surface area contributed by atoms with E-state index in [2.05, 4.69) is 0 Å². The summed E-state index contributed by atoms with van der Waals surface area (Å²) in [5.41, 5.74) is 0. The van der Waals surface area contributed by atoms with E-state index in [1.54, 1.807) is 24.3 Å². The van der Waals surface area contributed by atoms with Gasteiger partial charge in [-0.05, 0) is 18.1 Å². The Morgan fingerprint density at radius 3 is 1.75 bits per heavy atom. The predicted octanol–water partition coefficient (Wildman–Crippen LogP) is 2.03. The largest absolute Gasteiger partial charge is 0.508 e. The van der Waals surface area contributed by atoms with Crippen molar-refractivity contribution < 1.29 is 10.2 Å². The highest BCUT2D eigenvalue weighted by Crippen LogP contribution is 2.02. The van der Waals surface area contributed by atoms with Crippen LogP contribution in [0.2, 0.25) is 0 Å². The number of hydrogen-bond acceptors (Lipinski definition) is 2. The molecule has 0 aliphatic heterocycles. The third-order valence-electron chi connectivity index (χ3n) is 1.12. The maximum absolute atomic E-state index is 8.63. The number of benzene rings is 1. The molecule has 0 saturated carbocycles. The van der Waals surface area contributed by atoms with Gasteiger partial charge in [0, 0.05) is 6.61 Å². The highest BCUT2D eigenvalue weighted by molar-refractivity contribution is 5.18. The van der Waals surface area contributed by atoms with Crippen LogP contribution in [0.4, 0.5) is 0 Å². The number of aliphatic hydroxyl groups excluding tert-OH is 1. The van der Waals surface area contributed by atoms with Gasteiger partial charge in [0.1, 0.15) is 5.75 Å². The molecule has 1 aromatic rings. The van der Waals surface area contributed by atoms with E-state index in [-0.39, 0.29) is 0 Å². The van der Waals surface area contributed by atoms with Crippen molar-refractivity contribution in [3.05, 3.63) is 30.3 Å². The first-order valence-electron chi connectivity index (χ1n) is 4.01. The van der Waals surface area contributed by atoms with Gasteiger partial charge < -0.3 is 10.2 Å². The average molecular weight is 168 g/mol. The predicted molar refractivity (Wildman–Crippen MR) is 50.0 cm³/mol. The van der Waals surface area contributed by atoms with E-state index < -0.39 is 0 Å². The minimum atomic E-state index is 0.306. The van der Waals surface area contributed by atoms with Crippen LogP contribution in [0.5, 0.6) is 5.75 Å². The van der Waals surface area contributed by atoms with Crippen LogP contribution in [0.3, 0.4) is 0 Å². The molecule has 2 N–H and O–H groups in total. The Labute approximate surface area is 73.5 Å². The molecule has 2 nitrogen and oxygen atoms in total. The molecule has 68 valence electrons. The van der Waals surface area contributed by atoms with Gasteiger partial charge in [-0.2, -0.15) is 0 Å². The Hall–Kier alpha value is -1.02. The highest BCUT2D eigenvalue weighted by Gasteiger charge is 1.81. The van der Waals surface area contributed by atoms with Crippen molar-refractivity contribution in [1.82, 2.24) is 0 Å². The molecular formula is C10H16O2. The third-order valence-corrected chi connectivity index (χ3v) is 1.12. The summed E-state index contributed by atoms with van der Waals surface area (Å²) in [5.74, 6) is 0.762. The molecule has 0 atom stereocenters. The van der Waals surface area contributed by atoms with Crippen LogP contribution >= 0.6 is 0 Å². The molecule has 0 radical (unpaired) electrons. The van der Waals surface area contributed by atoms with E-state index in [0.29, 0.717) is 18.3 Å². The van der Waals surface area contributed by atoms with Gasteiger partial charge in [0.2, 0.25) is 0 Å². The number of phenolic OH excluding ortho intramolecular Hbond substituents is 1. The molecule has 0 spiro atoms. The monoisotopic (exact) mass is 168 g/mol. The molecule has 0 saturated heterocycles. The Morgan fingerprint density at radius 1 is 1.17 bits per heavy atom. The quantitative estimate of drug-likeness (QED) is 0.673. The van der Waals surface area contributed by atoms with E-state index in [0.717, 1.165) is 0 Å². The molecule has 0 aliphatic carbocycles. The Balaban J connectivity index is 0.000000217. The summed E-state index contributed by atoms with van der Waals surface area (Å²) >= 11 is 0. The first-order chi connectivity index (χ1) is 5.66. The summed E-state index contributed by atoms with van der Waals surface area (Å²) in [6.07, 6.45) is 0. The standard InChI is InChI=1S/C6H6O.C4H10O/c7-6-4-2-1-3-5-6;1-4(2)3-5/h1-5,7H;4-5H,3H2,1-2H3. The van der Waals surface area contributed by atoms with E-state index >= 15 is 0 Å². The molecule has 1 aromatic carbocycles. The third kappa shape index (κ3) is 7.09. The van der Waals surface area contributed by atoms with Crippen molar-refractivity contribution in [2.45, 2.75) is 13.8 Å². The van der Waals surface area contributed by atoms with Gasteiger partial charge in [-0.1, -0.05) is 32.0 Å². The van der Waals surface area contributed by atoms with Crippen molar-refractivity contribution in [3.63, 3.8) is 0 Å². The number of para-hydroxylation sites is 1. The number of rotatable bonds is 1. The second kappa shape index (κ2) is 6.68. The smallest absolute Gasteiger partial charge is 0.115 e. The van der Waals surface area contributed by atoms with Crippen LogP contribution in [0.25, 0.3) is 0 Å². The lowest BCUT2D eigenvalue weighted by Gasteiger charge is -1.90. The summed E-state index contributed by atoms with van der Waals surface area (Å²) in [7, 11) is 0. The number of aromatic hydroxyl groups is 1.